The van der Waals surface area contributed by atoms with Crippen LogP contribution in [0.2, 0.25) is 5.02 Å². The summed E-state index contributed by atoms with van der Waals surface area (Å²) in [5, 5.41) is 19.3. The number of non-ortho nitro benzene ring substituents is 1. The quantitative estimate of drug-likeness (QED) is 0.631. The molecule has 0 atom stereocenters. The van der Waals surface area contributed by atoms with E-state index in [2.05, 4.69) is 0 Å². The third-order valence-corrected chi connectivity index (χ3v) is 2.65. The van der Waals surface area contributed by atoms with Gasteiger partial charge in [-0.25, -0.2) is 4.39 Å². The number of ether oxygens (including phenoxy) is 1. The Morgan fingerprint density at radius 3 is 2.65 bits per heavy atom. The van der Waals surface area contributed by atoms with Crippen molar-refractivity contribution in [3.8, 4) is 17.6 Å². The van der Waals surface area contributed by atoms with E-state index < -0.39 is 10.7 Å². The molecule has 0 aliphatic carbocycles. The van der Waals surface area contributed by atoms with Crippen LogP contribution in [0.1, 0.15) is 5.56 Å². The maximum Gasteiger partial charge on any atom is 0.271 e. The lowest BCUT2D eigenvalue weighted by atomic mass is 10.2. The third-order valence-electron chi connectivity index (χ3n) is 2.35. The summed E-state index contributed by atoms with van der Waals surface area (Å²) in [7, 11) is 0. The van der Waals surface area contributed by atoms with E-state index in [9.17, 15) is 14.5 Å². The van der Waals surface area contributed by atoms with E-state index in [0.717, 1.165) is 18.2 Å². The summed E-state index contributed by atoms with van der Waals surface area (Å²) in [5.74, 6) is -0.416. The molecule has 0 N–H and O–H groups in total. The molecule has 100 valence electrons. The summed E-state index contributed by atoms with van der Waals surface area (Å²) in [6, 6.07) is 8.91. The fraction of sp³-hybridized carbons (Fsp3) is 0. The number of nitro groups is 1. The number of hydrogen-bond acceptors (Lipinski definition) is 4. The highest BCUT2D eigenvalue weighted by molar-refractivity contribution is 6.32. The Morgan fingerprint density at radius 1 is 1.30 bits per heavy atom. The van der Waals surface area contributed by atoms with Crippen molar-refractivity contribution in [3.05, 3.63) is 62.9 Å². The zero-order valence-electron chi connectivity index (χ0n) is 9.84. The van der Waals surface area contributed by atoms with Crippen molar-refractivity contribution in [1.29, 1.82) is 5.26 Å². The minimum absolute atomic E-state index is 0.0157. The van der Waals surface area contributed by atoms with Crippen molar-refractivity contribution in [1.82, 2.24) is 0 Å². The van der Waals surface area contributed by atoms with E-state index in [1.54, 1.807) is 6.07 Å². The molecule has 0 unspecified atom stereocenters. The van der Waals surface area contributed by atoms with Crippen LogP contribution in [0.5, 0.6) is 11.5 Å². The molecule has 20 heavy (non-hydrogen) atoms. The SMILES string of the molecule is N#Cc1cc(F)cc(Oc2ccc([N+](=O)[O-])cc2Cl)c1. The summed E-state index contributed by atoms with van der Waals surface area (Å²) in [6.45, 7) is 0. The Labute approximate surface area is 117 Å². The number of hydrogen-bond donors (Lipinski definition) is 0. The Bertz CT molecular complexity index is 728. The molecule has 2 aromatic carbocycles. The normalized spacial score (nSPS) is 9.85. The van der Waals surface area contributed by atoms with Crippen molar-refractivity contribution in [2.45, 2.75) is 0 Å². The molecule has 0 heterocycles. The monoisotopic (exact) mass is 292 g/mol. The summed E-state index contributed by atoms with van der Waals surface area (Å²) in [4.78, 5) is 9.98. The highest BCUT2D eigenvalue weighted by atomic mass is 35.5. The number of benzene rings is 2. The number of nitro benzene ring substituents is 1. The van der Waals surface area contributed by atoms with Gasteiger partial charge in [-0.15, -0.1) is 0 Å². The molecule has 0 aliphatic heterocycles. The summed E-state index contributed by atoms with van der Waals surface area (Å²) in [6.07, 6.45) is 0. The highest BCUT2D eigenvalue weighted by Gasteiger charge is 2.11. The fourth-order valence-electron chi connectivity index (χ4n) is 1.50. The van der Waals surface area contributed by atoms with Crippen LogP contribution in [0.15, 0.2) is 36.4 Å². The van der Waals surface area contributed by atoms with Gasteiger partial charge < -0.3 is 4.74 Å². The first-order valence-corrected chi connectivity index (χ1v) is 5.70. The standard InChI is InChI=1S/C13H6ClFN2O3/c14-12-6-10(17(18)19)1-2-13(12)20-11-4-8(7-16)3-9(15)5-11/h1-6H. The van der Waals surface area contributed by atoms with Gasteiger partial charge >= 0.3 is 0 Å². The highest BCUT2D eigenvalue weighted by Crippen LogP contribution is 2.32. The van der Waals surface area contributed by atoms with E-state index in [0.29, 0.717) is 0 Å². The van der Waals surface area contributed by atoms with Gasteiger partial charge in [-0.05, 0) is 18.2 Å². The summed E-state index contributed by atoms with van der Waals surface area (Å²) in [5.41, 5.74) is -0.0858. The second-order valence-corrected chi connectivity index (χ2v) is 4.17. The number of nitriles is 1. The van der Waals surface area contributed by atoms with Gasteiger partial charge in [0.1, 0.15) is 17.3 Å². The van der Waals surface area contributed by atoms with Gasteiger partial charge in [-0.2, -0.15) is 5.26 Å². The van der Waals surface area contributed by atoms with Crippen molar-refractivity contribution in [3.63, 3.8) is 0 Å². The lowest BCUT2D eigenvalue weighted by molar-refractivity contribution is -0.384. The van der Waals surface area contributed by atoms with Gasteiger partial charge in [0, 0.05) is 18.2 Å². The number of halogens is 2. The molecule has 0 radical (unpaired) electrons. The third kappa shape index (κ3) is 3.02. The predicted octanol–water partition coefficient (Wildman–Crippen LogP) is 4.05. The zero-order valence-corrected chi connectivity index (χ0v) is 10.6. The molecule has 0 fully saturated rings. The first kappa shape index (κ1) is 13.8. The summed E-state index contributed by atoms with van der Waals surface area (Å²) >= 11 is 5.85. The van der Waals surface area contributed by atoms with Crippen molar-refractivity contribution >= 4 is 17.3 Å². The van der Waals surface area contributed by atoms with Crippen LogP contribution >= 0.6 is 11.6 Å². The topological polar surface area (TPSA) is 76.2 Å². The van der Waals surface area contributed by atoms with E-state index >= 15 is 0 Å². The molecular formula is C13H6ClFN2O3. The first-order chi connectivity index (χ1) is 9.49. The van der Waals surface area contributed by atoms with Gasteiger partial charge in [-0.3, -0.25) is 10.1 Å². The molecule has 0 aliphatic rings. The van der Waals surface area contributed by atoms with Gasteiger partial charge in [0.2, 0.25) is 0 Å². The molecule has 0 saturated carbocycles. The van der Waals surface area contributed by atoms with Crippen LogP contribution in [0.4, 0.5) is 10.1 Å². The Morgan fingerprint density at radius 2 is 2.05 bits per heavy atom. The summed E-state index contributed by atoms with van der Waals surface area (Å²) < 4.78 is 18.6. The van der Waals surface area contributed by atoms with Crippen LogP contribution in [0, 0.1) is 27.3 Å². The number of rotatable bonds is 3. The van der Waals surface area contributed by atoms with Gasteiger partial charge in [0.05, 0.1) is 21.6 Å². The van der Waals surface area contributed by atoms with E-state index in [-0.39, 0.29) is 27.8 Å². The zero-order chi connectivity index (χ0) is 14.7. The molecule has 0 bridgehead atoms. The average molecular weight is 293 g/mol. The minimum Gasteiger partial charge on any atom is -0.456 e. The van der Waals surface area contributed by atoms with Crippen LogP contribution < -0.4 is 4.74 Å². The molecule has 0 amide bonds. The minimum atomic E-state index is -0.628. The van der Waals surface area contributed by atoms with Crippen LogP contribution in [0.3, 0.4) is 0 Å². The van der Waals surface area contributed by atoms with Crippen molar-refractivity contribution in [2.24, 2.45) is 0 Å². The Balaban J connectivity index is 2.33. The lowest BCUT2D eigenvalue weighted by Gasteiger charge is -2.07. The lowest BCUT2D eigenvalue weighted by Crippen LogP contribution is -1.91. The second kappa shape index (κ2) is 5.55. The molecule has 2 aromatic rings. The molecule has 0 spiro atoms. The van der Waals surface area contributed by atoms with Gasteiger partial charge in [0.25, 0.3) is 5.69 Å². The first-order valence-electron chi connectivity index (χ1n) is 5.32. The maximum atomic E-state index is 13.2. The fourth-order valence-corrected chi connectivity index (χ4v) is 1.71. The predicted molar refractivity (Wildman–Crippen MR) is 69.3 cm³/mol. The van der Waals surface area contributed by atoms with E-state index in [1.807, 2.05) is 0 Å². The van der Waals surface area contributed by atoms with Gasteiger partial charge in [-0.1, -0.05) is 11.6 Å². The second-order valence-electron chi connectivity index (χ2n) is 3.76. The molecule has 0 aromatic heterocycles. The van der Waals surface area contributed by atoms with Crippen LogP contribution in [-0.2, 0) is 0 Å². The molecular weight excluding hydrogens is 287 g/mol. The maximum absolute atomic E-state index is 13.2. The molecule has 5 nitrogen and oxygen atoms in total. The van der Waals surface area contributed by atoms with Crippen LogP contribution in [-0.4, -0.2) is 4.92 Å². The van der Waals surface area contributed by atoms with Crippen molar-refractivity contribution < 1.29 is 14.1 Å². The Hall–Kier alpha value is -2.65. The van der Waals surface area contributed by atoms with Crippen molar-refractivity contribution in [2.75, 3.05) is 0 Å². The average Bonchev–Trinajstić information content (AvgIpc) is 2.40. The largest absolute Gasteiger partial charge is 0.456 e. The van der Waals surface area contributed by atoms with Gasteiger partial charge in [0.15, 0.2) is 0 Å². The Kier molecular flexibility index (Phi) is 3.82. The van der Waals surface area contributed by atoms with Crippen LogP contribution in [0.25, 0.3) is 0 Å². The molecule has 2 rings (SSSR count). The molecule has 0 saturated heterocycles. The number of nitrogens with zero attached hydrogens (tertiary/aromatic N) is 2. The van der Waals surface area contributed by atoms with E-state index in [1.165, 1.54) is 18.2 Å². The van der Waals surface area contributed by atoms with E-state index in [4.69, 9.17) is 21.6 Å². The smallest absolute Gasteiger partial charge is 0.271 e. The molecule has 7 heteroatoms.